The maximum Gasteiger partial charge on any atom is 0.265 e. The number of anilines is 2. The van der Waals surface area contributed by atoms with Crippen LogP contribution in [0.25, 0.3) is 0 Å². The maximum atomic E-state index is 14.1. The number of nitrogens with two attached hydrogens (primary N) is 1. The molecule has 0 atom stereocenters. The quantitative estimate of drug-likeness (QED) is 0.588. The van der Waals surface area contributed by atoms with Gasteiger partial charge in [-0.15, -0.1) is 0 Å². The molecule has 1 aliphatic rings. The first-order valence-electron chi connectivity index (χ1n) is 9.83. The average molecular weight is 466 g/mol. The van der Waals surface area contributed by atoms with E-state index in [1.165, 1.54) is 47.2 Å². The molecule has 1 aromatic carbocycles. The predicted molar refractivity (Wildman–Crippen MR) is 115 cm³/mol. The van der Waals surface area contributed by atoms with Gasteiger partial charge in [-0.2, -0.15) is 4.31 Å². The number of piperidine rings is 1. The largest absolute Gasteiger partial charge is 0.364 e. The summed E-state index contributed by atoms with van der Waals surface area (Å²) in [7, 11) is -2.33. The fourth-order valence-electron chi connectivity index (χ4n) is 3.56. The lowest BCUT2D eigenvalue weighted by atomic mass is 9.97. The van der Waals surface area contributed by atoms with E-state index in [1.54, 1.807) is 0 Å². The van der Waals surface area contributed by atoms with Gasteiger partial charge in [0.1, 0.15) is 16.4 Å². The van der Waals surface area contributed by atoms with Gasteiger partial charge in [0.05, 0.1) is 5.69 Å². The number of nitrogens with one attached hydrogen (secondary N) is 2. The first-order valence-corrected chi connectivity index (χ1v) is 11.3. The Labute approximate surface area is 184 Å². The van der Waals surface area contributed by atoms with Crippen molar-refractivity contribution >= 4 is 39.1 Å². The van der Waals surface area contributed by atoms with Gasteiger partial charge < -0.3 is 20.9 Å². The molecule has 1 fully saturated rings. The normalized spacial score (nSPS) is 15.3. The highest BCUT2D eigenvalue weighted by atomic mass is 32.2. The molecule has 0 bridgehead atoms. The van der Waals surface area contributed by atoms with Gasteiger partial charge in [0.2, 0.25) is 21.8 Å². The monoisotopic (exact) mass is 465 g/mol. The van der Waals surface area contributed by atoms with Crippen molar-refractivity contribution in [2.45, 2.75) is 24.7 Å². The standard InChI is InChI=1S/C20H24FN5O5S/c1-12(27)23-14-3-4-16(21)17(9-14)24-20(29)13-5-7-26(8-6-13)32(30,31)15-10-18(19(22)28)25(2)11-15/h3-4,9-11,13H,5-8H2,1-2H3,(H2,22,28)(H,23,27)(H,24,29). The van der Waals surface area contributed by atoms with Gasteiger partial charge in [0.25, 0.3) is 5.91 Å². The Morgan fingerprint density at radius 3 is 2.34 bits per heavy atom. The minimum atomic E-state index is -3.86. The number of aryl methyl sites for hydroxylation is 1. The molecule has 1 aliphatic heterocycles. The Bertz CT molecular complexity index is 1170. The highest BCUT2D eigenvalue weighted by molar-refractivity contribution is 7.89. The zero-order valence-corrected chi connectivity index (χ0v) is 18.4. The van der Waals surface area contributed by atoms with Crippen LogP contribution in [0.4, 0.5) is 15.8 Å². The molecule has 1 saturated heterocycles. The highest BCUT2D eigenvalue weighted by Gasteiger charge is 2.33. The number of halogens is 1. The Morgan fingerprint density at radius 1 is 1.12 bits per heavy atom. The molecule has 0 spiro atoms. The van der Waals surface area contributed by atoms with Crippen LogP contribution < -0.4 is 16.4 Å². The second-order valence-electron chi connectivity index (χ2n) is 7.58. The Kier molecular flexibility index (Phi) is 6.65. The number of rotatable bonds is 6. The molecule has 4 N–H and O–H groups in total. The fraction of sp³-hybridized carbons (Fsp3) is 0.350. The summed E-state index contributed by atoms with van der Waals surface area (Å²) in [4.78, 5) is 35.1. The highest BCUT2D eigenvalue weighted by Crippen LogP contribution is 2.27. The second-order valence-corrected chi connectivity index (χ2v) is 9.52. The molecule has 1 aromatic heterocycles. The fourth-order valence-corrected chi connectivity index (χ4v) is 5.11. The number of nitrogens with zero attached hydrogens (tertiary/aromatic N) is 2. The summed E-state index contributed by atoms with van der Waals surface area (Å²) in [5.41, 5.74) is 5.59. The first kappa shape index (κ1) is 23.4. The van der Waals surface area contributed by atoms with E-state index in [0.29, 0.717) is 5.69 Å². The lowest BCUT2D eigenvalue weighted by molar-refractivity contribution is -0.121. The van der Waals surface area contributed by atoms with Crippen LogP contribution in [0.5, 0.6) is 0 Å². The van der Waals surface area contributed by atoms with Gasteiger partial charge in [-0.1, -0.05) is 0 Å². The topological polar surface area (TPSA) is 144 Å². The van der Waals surface area contributed by atoms with Crippen molar-refractivity contribution in [2.75, 3.05) is 23.7 Å². The summed E-state index contributed by atoms with van der Waals surface area (Å²) < 4.78 is 42.5. The molecule has 2 aromatic rings. The molecule has 10 nitrogen and oxygen atoms in total. The third-order valence-electron chi connectivity index (χ3n) is 5.24. The van der Waals surface area contributed by atoms with E-state index in [1.807, 2.05) is 0 Å². The zero-order valence-electron chi connectivity index (χ0n) is 17.6. The third-order valence-corrected chi connectivity index (χ3v) is 7.10. The van der Waals surface area contributed by atoms with Crippen LogP contribution in [-0.4, -0.2) is 48.1 Å². The van der Waals surface area contributed by atoms with Crippen molar-refractivity contribution < 1.29 is 27.2 Å². The molecule has 0 unspecified atom stereocenters. The van der Waals surface area contributed by atoms with Crippen molar-refractivity contribution in [2.24, 2.45) is 18.7 Å². The number of carbonyl (C=O) groups excluding carboxylic acids is 3. The smallest absolute Gasteiger partial charge is 0.265 e. The number of primary amides is 1. The molecule has 0 radical (unpaired) electrons. The van der Waals surface area contributed by atoms with E-state index in [9.17, 15) is 27.2 Å². The van der Waals surface area contributed by atoms with Gasteiger partial charge in [-0.25, -0.2) is 12.8 Å². The van der Waals surface area contributed by atoms with E-state index < -0.39 is 33.6 Å². The molecule has 172 valence electrons. The van der Waals surface area contributed by atoms with Crippen molar-refractivity contribution in [3.63, 3.8) is 0 Å². The summed E-state index contributed by atoms with van der Waals surface area (Å²) in [6.07, 6.45) is 1.81. The maximum absolute atomic E-state index is 14.1. The second kappa shape index (κ2) is 9.09. The summed E-state index contributed by atoms with van der Waals surface area (Å²) in [6.45, 7) is 1.50. The van der Waals surface area contributed by atoms with Crippen LogP contribution in [0.2, 0.25) is 0 Å². The van der Waals surface area contributed by atoms with Crippen LogP contribution in [0, 0.1) is 11.7 Å². The third kappa shape index (κ3) is 4.97. The van der Waals surface area contributed by atoms with E-state index in [-0.39, 0.29) is 48.1 Å². The average Bonchev–Trinajstić information content (AvgIpc) is 3.13. The minimum Gasteiger partial charge on any atom is -0.364 e. The SMILES string of the molecule is CC(=O)Nc1ccc(F)c(NC(=O)C2CCN(S(=O)(=O)c3cc(C(N)=O)n(C)c3)CC2)c1. The first-order chi connectivity index (χ1) is 15.0. The molecule has 0 saturated carbocycles. The van der Waals surface area contributed by atoms with Crippen molar-refractivity contribution in [1.29, 1.82) is 0 Å². The van der Waals surface area contributed by atoms with E-state index in [0.717, 1.165) is 6.07 Å². The summed E-state index contributed by atoms with van der Waals surface area (Å²) in [6, 6.07) is 5.06. The number of hydrogen-bond acceptors (Lipinski definition) is 5. The molecule has 3 rings (SSSR count). The van der Waals surface area contributed by atoms with Gasteiger partial charge >= 0.3 is 0 Å². The summed E-state index contributed by atoms with van der Waals surface area (Å²) in [5, 5.41) is 5.03. The van der Waals surface area contributed by atoms with Gasteiger partial charge in [-0.3, -0.25) is 14.4 Å². The zero-order chi connectivity index (χ0) is 23.6. The van der Waals surface area contributed by atoms with Crippen LogP contribution in [-0.2, 0) is 26.7 Å². The molecule has 32 heavy (non-hydrogen) atoms. The lowest BCUT2D eigenvalue weighted by Crippen LogP contribution is -2.41. The number of amides is 3. The number of hydrogen-bond donors (Lipinski definition) is 3. The van der Waals surface area contributed by atoms with Crippen molar-refractivity contribution in [1.82, 2.24) is 8.87 Å². The Morgan fingerprint density at radius 2 is 1.78 bits per heavy atom. The Balaban J connectivity index is 1.65. The van der Waals surface area contributed by atoms with Gasteiger partial charge in [-0.05, 0) is 37.1 Å². The number of benzene rings is 1. The predicted octanol–water partition coefficient (Wildman–Crippen LogP) is 1.26. The molecule has 2 heterocycles. The number of aromatic nitrogens is 1. The number of sulfonamides is 1. The molecule has 3 amide bonds. The van der Waals surface area contributed by atoms with Crippen molar-refractivity contribution in [3.8, 4) is 0 Å². The number of carbonyl (C=O) groups is 3. The van der Waals surface area contributed by atoms with Gasteiger partial charge in [0, 0.05) is 44.9 Å². The van der Waals surface area contributed by atoms with Crippen molar-refractivity contribution in [3.05, 3.63) is 42.0 Å². The van der Waals surface area contributed by atoms with Crippen LogP contribution in [0.3, 0.4) is 0 Å². The van der Waals surface area contributed by atoms with Gasteiger partial charge in [0.15, 0.2) is 0 Å². The molecular weight excluding hydrogens is 441 g/mol. The summed E-state index contributed by atoms with van der Waals surface area (Å²) in [5.74, 6) is -2.66. The lowest BCUT2D eigenvalue weighted by Gasteiger charge is -2.30. The van der Waals surface area contributed by atoms with E-state index in [2.05, 4.69) is 10.6 Å². The van der Waals surface area contributed by atoms with Crippen LogP contribution in [0.15, 0.2) is 35.4 Å². The Hall–Kier alpha value is -3.25. The molecule has 12 heteroatoms. The van der Waals surface area contributed by atoms with Crippen LogP contribution in [0.1, 0.15) is 30.3 Å². The molecule has 0 aliphatic carbocycles. The van der Waals surface area contributed by atoms with E-state index in [4.69, 9.17) is 5.73 Å². The molecular formula is C20H24FN5O5S. The minimum absolute atomic E-state index is 0.0476. The van der Waals surface area contributed by atoms with E-state index >= 15 is 0 Å². The summed E-state index contributed by atoms with van der Waals surface area (Å²) >= 11 is 0. The van der Waals surface area contributed by atoms with Crippen LogP contribution >= 0.6 is 0 Å².